The molecule has 0 N–H and O–H groups in total. The van der Waals surface area contributed by atoms with Crippen molar-refractivity contribution in [1.29, 1.82) is 0 Å². The predicted octanol–water partition coefficient (Wildman–Crippen LogP) is 4.56. The number of carbonyl (C=O) groups is 2. The fraction of sp³-hybridized carbons (Fsp3) is 0.158. The van der Waals surface area contributed by atoms with Gasteiger partial charge in [0.1, 0.15) is 11.5 Å². The van der Waals surface area contributed by atoms with E-state index in [-0.39, 0.29) is 5.78 Å². The molecule has 0 heterocycles. The summed E-state index contributed by atoms with van der Waals surface area (Å²) in [5.74, 6) is -0.00981. The Morgan fingerprint density at radius 1 is 1.12 bits per heavy atom. The summed E-state index contributed by atoms with van der Waals surface area (Å²) in [6.45, 7) is 7.31. The molecule has 24 heavy (non-hydrogen) atoms. The zero-order valence-electron chi connectivity index (χ0n) is 13.5. The first-order chi connectivity index (χ1) is 11.4. The van der Waals surface area contributed by atoms with Crippen LogP contribution in [0.3, 0.4) is 0 Å². The van der Waals surface area contributed by atoms with E-state index < -0.39 is 5.97 Å². The van der Waals surface area contributed by atoms with E-state index in [1.807, 2.05) is 6.92 Å². The summed E-state index contributed by atoms with van der Waals surface area (Å²) in [5.41, 5.74) is 1.25. The summed E-state index contributed by atoms with van der Waals surface area (Å²) in [6, 6.07) is 11.8. The van der Waals surface area contributed by atoms with Crippen molar-refractivity contribution in [1.82, 2.24) is 0 Å². The van der Waals surface area contributed by atoms with Gasteiger partial charge in [0.2, 0.25) is 0 Å². The van der Waals surface area contributed by atoms with Crippen molar-refractivity contribution < 1.29 is 19.1 Å². The Balaban J connectivity index is 2.35. The van der Waals surface area contributed by atoms with E-state index in [2.05, 4.69) is 22.5 Å². The highest BCUT2D eigenvalue weighted by Crippen LogP contribution is 2.28. The molecule has 0 atom stereocenters. The Morgan fingerprint density at radius 2 is 1.79 bits per heavy atom. The molecule has 2 aromatic carbocycles. The molecule has 124 valence electrons. The Bertz CT molecular complexity index is 778. The van der Waals surface area contributed by atoms with Crippen LogP contribution in [0.1, 0.15) is 29.8 Å². The Kier molecular flexibility index (Phi) is 5.93. The second-order valence-electron chi connectivity index (χ2n) is 5.10. The number of benzene rings is 2. The summed E-state index contributed by atoms with van der Waals surface area (Å²) in [7, 11) is 0. The average Bonchev–Trinajstić information content (AvgIpc) is 2.55. The molecule has 2 aromatic rings. The highest BCUT2D eigenvalue weighted by Gasteiger charge is 2.17. The number of rotatable bonds is 6. The lowest BCUT2D eigenvalue weighted by Crippen LogP contribution is -2.10. The van der Waals surface area contributed by atoms with Crippen LogP contribution in [-0.4, -0.2) is 18.4 Å². The third-order valence-electron chi connectivity index (χ3n) is 3.16. The van der Waals surface area contributed by atoms with Gasteiger partial charge in [-0.05, 0) is 50.2 Å². The van der Waals surface area contributed by atoms with E-state index in [9.17, 15) is 9.59 Å². The van der Waals surface area contributed by atoms with Crippen LogP contribution in [0, 0.1) is 0 Å². The van der Waals surface area contributed by atoms with E-state index in [4.69, 9.17) is 9.47 Å². The first-order valence-corrected chi connectivity index (χ1v) is 8.16. The molecular weight excluding hydrogens is 372 g/mol. The van der Waals surface area contributed by atoms with E-state index >= 15 is 0 Å². The van der Waals surface area contributed by atoms with Crippen molar-refractivity contribution in [2.45, 2.75) is 13.8 Å². The van der Waals surface area contributed by atoms with E-state index in [1.165, 1.54) is 6.07 Å². The molecule has 0 bridgehead atoms. The van der Waals surface area contributed by atoms with E-state index in [1.54, 1.807) is 43.3 Å². The van der Waals surface area contributed by atoms with Crippen molar-refractivity contribution in [3.8, 4) is 11.5 Å². The molecule has 2 rings (SSSR count). The van der Waals surface area contributed by atoms with Crippen LogP contribution in [-0.2, 0) is 4.79 Å². The van der Waals surface area contributed by atoms with Gasteiger partial charge in [-0.15, -0.1) is 0 Å². The van der Waals surface area contributed by atoms with Gasteiger partial charge in [0, 0.05) is 21.7 Å². The lowest BCUT2D eigenvalue weighted by Gasteiger charge is -2.12. The molecule has 5 heteroatoms. The van der Waals surface area contributed by atoms with Gasteiger partial charge in [-0.3, -0.25) is 4.79 Å². The van der Waals surface area contributed by atoms with E-state index in [0.29, 0.717) is 34.8 Å². The van der Waals surface area contributed by atoms with Crippen LogP contribution in [0.15, 0.2) is 59.1 Å². The number of ketones is 1. The average molecular weight is 389 g/mol. The molecule has 0 aromatic heterocycles. The first kappa shape index (κ1) is 17.9. The maximum Gasteiger partial charge on any atom is 0.338 e. The summed E-state index contributed by atoms with van der Waals surface area (Å²) in [4.78, 5) is 24.3. The minimum atomic E-state index is -0.524. The normalized spacial score (nSPS) is 10.1. The van der Waals surface area contributed by atoms with Gasteiger partial charge in [-0.25, -0.2) is 4.79 Å². The van der Waals surface area contributed by atoms with Crippen LogP contribution in [0.4, 0.5) is 0 Å². The topological polar surface area (TPSA) is 52.6 Å². The van der Waals surface area contributed by atoms with Crippen LogP contribution in [0.5, 0.6) is 11.5 Å². The van der Waals surface area contributed by atoms with Gasteiger partial charge in [-0.1, -0.05) is 22.5 Å². The highest BCUT2D eigenvalue weighted by atomic mass is 79.9. The molecule has 0 amide bonds. The summed E-state index contributed by atoms with van der Waals surface area (Å²) in [5, 5.41) is 0. The summed E-state index contributed by atoms with van der Waals surface area (Å²) in [6.07, 6.45) is 0. The van der Waals surface area contributed by atoms with Crippen molar-refractivity contribution in [3.63, 3.8) is 0 Å². The maximum absolute atomic E-state index is 12.7. The number of esters is 1. The maximum atomic E-state index is 12.7. The van der Waals surface area contributed by atoms with E-state index in [0.717, 1.165) is 4.47 Å². The Labute approximate surface area is 149 Å². The molecule has 0 aliphatic rings. The third-order valence-corrected chi connectivity index (χ3v) is 3.69. The fourth-order valence-corrected chi connectivity index (χ4v) is 2.24. The highest BCUT2D eigenvalue weighted by molar-refractivity contribution is 9.10. The Hall–Kier alpha value is -2.40. The zero-order chi connectivity index (χ0) is 17.7. The Morgan fingerprint density at radius 3 is 2.38 bits per heavy atom. The van der Waals surface area contributed by atoms with Crippen LogP contribution in [0.25, 0.3) is 0 Å². The molecule has 0 aliphatic carbocycles. The molecule has 0 fully saturated rings. The monoisotopic (exact) mass is 388 g/mol. The molecule has 0 spiro atoms. The van der Waals surface area contributed by atoms with Gasteiger partial charge in [-0.2, -0.15) is 0 Å². The number of hydrogen-bond donors (Lipinski definition) is 0. The lowest BCUT2D eigenvalue weighted by molar-refractivity contribution is -0.130. The molecule has 0 unspecified atom stereocenters. The van der Waals surface area contributed by atoms with Crippen LogP contribution in [0.2, 0.25) is 0 Å². The summed E-state index contributed by atoms with van der Waals surface area (Å²) < 4.78 is 11.6. The largest absolute Gasteiger partial charge is 0.493 e. The molecule has 4 nitrogen and oxygen atoms in total. The third kappa shape index (κ3) is 4.32. The first-order valence-electron chi connectivity index (χ1n) is 7.37. The van der Waals surface area contributed by atoms with Gasteiger partial charge < -0.3 is 9.47 Å². The van der Waals surface area contributed by atoms with Gasteiger partial charge in [0.15, 0.2) is 5.78 Å². The second kappa shape index (κ2) is 7.93. The fourth-order valence-electron chi connectivity index (χ4n) is 1.98. The minimum absolute atomic E-state index is 0.163. The quantitative estimate of drug-likeness (QED) is 0.315. The number of halogens is 1. The zero-order valence-corrected chi connectivity index (χ0v) is 15.1. The number of carbonyl (C=O) groups excluding carboxylic acids is 2. The predicted molar refractivity (Wildman–Crippen MR) is 95.6 cm³/mol. The SMILES string of the molecule is C=C(C)C(=O)Oc1ccc(C(=O)c2ccc(Br)cc2)c(OCC)c1. The van der Waals surface area contributed by atoms with Crippen molar-refractivity contribution in [2.24, 2.45) is 0 Å². The standard InChI is InChI=1S/C19H17BrO4/c1-4-23-17-11-15(24-19(22)12(2)3)9-10-16(17)18(21)13-5-7-14(20)8-6-13/h5-11H,2,4H2,1,3H3. The summed E-state index contributed by atoms with van der Waals surface area (Å²) >= 11 is 3.34. The van der Waals surface area contributed by atoms with Crippen molar-refractivity contribution in [2.75, 3.05) is 6.61 Å². The minimum Gasteiger partial charge on any atom is -0.493 e. The molecule has 0 saturated carbocycles. The molecule has 0 radical (unpaired) electrons. The van der Waals surface area contributed by atoms with Gasteiger partial charge >= 0.3 is 5.97 Å². The molecule has 0 aliphatic heterocycles. The van der Waals surface area contributed by atoms with Crippen LogP contribution < -0.4 is 9.47 Å². The smallest absolute Gasteiger partial charge is 0.338 e. The number of hydrogen-bond acceptors (Lipinski definition) is 4. The van der Waals surface area contributed by atoms with Crippen molar-refractivity contribution in [3.05, 3.63) is 70.2 Å². The second-order valence-corrected chi connectivity index (χ2v) is 6.01. The lowest BCUT2D eigenvalue weighted by atomic mass is 10.0. The number of ether oxygens (including phenoxy) is 2. The van der Waals surface area contributed by atoms with Crippen molar-refractivity contribution >= 4 is 27.7 Å². The molecule has 0 saturated heterocycles. The van der Waals surface area contributed by atoms with Gasteiger partial charge in [0.05, 0.1) is 12.2 Å². The van der Waals surface area contributed by atoms with Gasteiger partial charge in [0.25, 0.3) is 0 Å². The van der Waals surface area contributed by atoms with Crippen LogP contribution >= 0.6 is 15.9 Å². The molecular formula is C19H17BrO4.